The number of rotatable bonds is 3. The fraction of sp³-hybridized carbons (Fsp3) is 0.609. The number of carbonyl (C=O) groups is 1. The third-order valence-corrected chi connectivity index (χ3v) is 7.36. The maximum Gasteiger partial charge on any atom is 0.330 e. The molecule has 1 aromatic carbocycles. The van der Waals surface area contributed by atoms with Crippen LogP contribution in [0.15, 0.2) is 29.8 Å². The van der Waals surface area contributed by atoms with Gasteiger partial charge in [0.1, 0.15) is 5.75 Å². The predicted octanol–water partition coefficient (Wildman–Crippen LogP) is 5.04. The molecule has 0 spiro atoms. The number of methoxy groups -OCH3 is 1. The number of allylic oxidation sites excluding steroid dienone is 1. The first-order valence-corrected chi connectivity index (χ1v) is 10.1. The summed E-state index contributed by atoms with van der Waals surface area (Å²) >= 11 is 0. The lowest BCUT2D eigenvalue weighted by Crippen LogP contribution is -2.40. The van der Waals surface area contributed by atoms with Gasteiger partial charge in [-0.3, -0.25) is 0 Å². The Morgan fingerprint density at radius 1 is 1.27 bits per heavy atom. The van der Waals surface area contributed by atoms with Gasteiger partial charge in [0.05, 0.1) is 13.7 Å². The van der Waals surface area contributed by atoms with Crippen molar-refractivity contribution in [1.29, 1.82) is 0 Å². The first kappa shape index (κ1) is 17.6. The summed E-state index contributed by atoms with van der Waals surface area (Å²) in [6.45, 7) is 4.72. The molecule has 0 N–H and O–H groups in total. The number of fused-ring (bicyclic) bond motifs is 5. The van der Waals surface area contributed by atoms with E-state index in [1.807, 2.05) is 13.0 Å². The Morgan fingerprint density at radius 2 is 2.12 bits per heavy atom. The number of benzene rings is 1. The molecule has 0 radical (unpaired) electrons. The molecule has 1 aromatic rings. The summed E-state index contributed by atoms with van der Waals surface area (Å²) in [6, 6.07) is 6.66. The van der Waals surface area contributed by atoms with E-state index in [2.05, 4.69) is 25.1 Å². The standard InChI is InChI=1S/C23H30O3/c1-4-26-22(24)14-16-6-10-21-20-8-5-15-13-17(25-3)7-9-18(15)19(20)11-12-23(16,21)2/h7,9,13-14,19-21H,4-6,8,10-12H2,1-3H3/b16-14+/t19-,20-,21+,23-/m1/s1. The highest BCUT2D eigenvalue weighted by Gasteiger charge is 2.52. The van der Waals surface area contributed by atoms with Crippen LogP contribution in [-0.4, -0.2) is 19.7 Å². The summed E-state index contributed by atoms with van der Waals surface area (Å²) < 4.78 is 10.6. The number of aryl methyl sites for hydroxylation is 1. The Labute approximate surface area is 156 Å². The van der Waals surface area contributed by atoms with Crippen LogP contribution in [0.2, 0.25) is 0 Å². The molecule has 26 heavy (non-hydrogen) atoms. The molecule has 0 amide bonds. The molecule has 0 bridgehead atoms. The monoisotopic (exact) mass is 354 g/mol. The van der Waals surface area contributed by atoms with Crippen LogP contribution in [0.3, 0.4) is 0 Å². The maximum atomic E-state index is 12.0. The topological polar surface area (TPSA) is 35.5 Å². The van der Waals surface area contributed by atoms with E-state index in [4.69, 9.17) is 9.47 Å². The minimum absolute atomic E-state index is 0.160. The Hall–Kier alpha value is -1.77. The number of ether oxygens (including phenoxy) is 2. The van der Waals surface area contributed by atoms with E-state index in [-0.39, 0.29) is 11.4 Å². The Morgan fingerprint density at radius 3 is 2.88 bits per heavy atom. The van der Waals surface area contributed by atoms with Gasteiger partial charge in [-0.25, -0.2) is 4.79 Å². The van der Waals surface area contributed by atoms with Crippen molar-refractivity contribution in [3.63, 3.8) is 0 Å². The molecular formula is C23H30O3. The average molecular weight is 354 g/mol. The highest BCUT2D eigenvalue weighted by molar-refractivity contribution is 5.83. The molecule has 2 fully saturated rings. The minimum atomic E-state index is -0.160. The van der Waals surface area contributed by atoms with E-state index in [1.54, 1.807) is 12.7 Å². The minimum Gasteiger partial charge on any atom is -0.497 e. The van der Waals surface area contributed by atoms with Crippen molar-refractivity contribution in [3.8, 4) is 5.75 Å². The Balaban J connectivity index is 1.61. The van der Waals surface area contributed by atoms with Crippen molar-refractivity contribution in [2.45, 2.75) is 58.3 Å². The molecule has 3 aliphatic rings. The SMILES string of the molecule is CCOC(=O)/C=C1\CC[C@H]2[C@@H]3CCc4cc(OC)ccc4[C@H]3CC[C@]12C. The molecular weight excluding hydrogens is 324 g/mol. The van der Waals surface area contributed by atoms with Crippen LogP contribution >= 0.6 is 0 Å². The van der Waals surface area contributed by atoms with Gasteiger partial charge in [-0.15, -0.1) is 0 Å². The molecule has 0 unspecified atom stereocenters. The second-order valence-electron chi connectivity index (χ2n) is 8.40. The third kappa shape index (κ3) is 2.76. The van der Waals surface area contributed by atoms with E-state index < -0.39 is 0 Å². The molecule has 2 saturated carbocycles. The third-order valence-electron chi connectivity index (χ3n) is 7.36. The Bertz CT molecular complexity index is 735. The van der Waals surface area contributed by atoms with Gasteiger partial charge in [-0.2, -0.15) is 0 Å². The quantitative estimate of drug-likeness (QED) is 0.563. The molecule has 3 heteroatoms. The number of hydrogen-bond donors (Lipinski definition) is 0. The lowest BCUT2D eigenvalue weighted by molar-refractivity contribution is -0.137. The molecule has 0 saturated heterocycles. The second kappa shape index (κ2) is 6.75. The van der Waals surface area contributed by atoms with E-state index in [0.717, 1.165) is 24.5 Å². The summed E-state index contributed by atoms with van der Waals surface area (Å²) in [7, 11) is 1.75. The first-order valence-electron chi connectivity index (χ1n) is 10.1. The van der Waals surface area contributed by atoms with Gasteiger partial charge in [0.25, 0.3) is 0 Å². The molecule has 4 rings (SSSR count). The Kier molecular flexibility index (Phi) is 4.58. The molecule has 0 heterocycles. The first-order chi connectivity index (χ1) is 12.6. The van der Waals surface area contributed by atoms with E-state index >= 15 is 0 Å². The molecule has 0 aliphatic heterocycles. The van der Waals surface area contributed by atoms with Gasteiger partial charge >= 0.3 is 5.97 Å². The molecule has 140 valence electrons. The van der Waals surface area contributed by atoms with Crippen molar-refractivity contribution in [2.75, 3.05) is 13.7 Å². The number of carbonyl (C=O) groups excluding carboxylic acids is 1. The van der Waals surface area contributed by atoms with Gasteiger partial charge in [0, 0.05) is 6.08 Å². The van der Waals surface area contributed by atoms with Crippen molar-refractivity contribution >= 4 is 5.97 Å². The zero-order chi connectivity index (χ0) is 18.3. The van der Waals surface area contributed by atoms with Crippen molar-refractivity contribution in [1.82, 2.24) is 0 Å². The average Bonchev–Trinajstić information content (AvgIpc) is 2.97. The van der Waals surface area contributed by atoms with Gasteiger partial charge in [-0.05, 0) is 91.9 Å². The van der Waals surface area contributed by atoms with Crippen molar-refractivity contribution in [2.24, 2.45) is 17.3 Å². The second-order valence-corrected chi connectivity index (χ2v) is 8.40. The fourth-order valence-corrected chi connectivity index (χ4v) is 6.10. The molecule has 0 aromatic heterocycles. The van der Waals surface area contributed by atoms with Gasteiger partial charge in [0.15, 0.2) is 0 Å². The lowest BCUT2D eigenvalue weighted by Gasteiger charge is -2.49. The van der Waals surface area contributed by atoms with Crippen LogP contribution < -0.4 is 4.74 Å². The van der Waals surface area contributed by atoms with Crippen LogP contribution in [0.5, 0.6) is 5.75 Å². The fourth-order valence-electron chi connectivity index (χ4n) is 6.10. The van der Waals surface area contributed by atoms with E-state index in [9.17, 15) is 4.79 Å². The summed E-state index contributed by atoms with van der Waals surface area (Å²) in [5.41, 5.74) is 4.54. The number of esters is 1. The van der Waals surface area contributed by atoms with Crippen molar-refractivity contribution in [3.05, 3.63) is 41.0 Å². The van der Waals surface area contributed by atoms with Crippen LogP contribution in [-0.2, 0) is 16.0 Å². The summed E-state index contributed by atoms with van der Waals surface area (Å²) in [5, 5.41) is 0. The van der Waals surface area contributed by atoms with E-state index in [0.29, 0.717) is 18.4 Å². The molecule has 4 atom stereocenters. The van der Waals surface area contributed by atoms with Crippen LogP contribution in [0.25, 0.3) is 0 Å². The molecule has 3 aliphatic carbocycles. The summed E-state index contributed by atoms with van der Waals surface area (Å²) in [5.74, 6) is 2.92. The predicted molar refractivity (Wildman–Crippen MR) is 102 cm³/mol. The number of hydrogen-bond acceptors (Lipinski definition) is 3. The summed E-state index contributed by atoms with van der Waals surface area (Å²) in [4.78, 5) is 12.0. The van der Waals surface area contributed by atoms with E-state index in [1.165, 1.54) is 36.8 Å². The van der Waals surface area contributed by atoms with Crippen molar-refractivity contribution < 1.29 is 14.3 Å². The van der Waals surface area contributed by atoms with Crippen LogP contribution in [0.4, 0.5) is 0 Å². The van der Waals surface area contributed by atoms with Crippen LogP contribution in [0, 0.1) is 17.3 Å². The van der Waals surface area contributed by atoms with Gasteiger partial charge < -0.3 is 9.47 Å². The zero-order valence-corrected chi connectivity index (χ0v) is 16.2. The highest BCUT2D eigenvalue weighted by atomic mass is 16.5. The highest BCUT2D eigenvalue weighted by Crippen LogP contribution is 2.62. The van der Waals surface area contributed by atoms with Crippen LogP contribution in [0.1, 0.15) is 63.0 Å². The van der Waals surface area contributed by atoms with Gasteiger partial charge in [-0.1, -0.05) is 18.6 Å². The summed E-state index contributed by atoms with van der Waals surface area (Å²) in [6.07, 6.45) is 8.89. The lowest BCUT2D eigenvalue weighted by atomic mass is 9.55. The smallest absolute Gasteiger partial charge is 0.330 e. The zero-order valence-electron chi connectivity index (χ0n) is 16.2. The van der Waals surface area contributed by atoms with Gasteiger partial charge in [0.2, 0.25) is 0 Å². The normalized spacial score (nSPS) is 34.0. The molecule has 3 nitrogen and oxygen atoms in total. The maximum absolute atomic E-state index is 12.0. The largest absolute Gasteiger partial charge is 0.497 e.